The van der Waals surface area contributed by atoms with Gasteiger partial charge in [0.25, 0.3) is 0 Å². The lowest BCUT2D eigenvalue weighted by molar-refractivity contribution is 0.0763. The Kier molecular flexibility index (Phi) is 3.96. The third-order valence-corrected chi connectivity index (χ3v) is 2.25. The number of ether oxygens (including phenoxy) is 2. The first-order valence-electron chi connectivity index (χ1n) is 5.62. The quantitative estimate of drug-likeness (QED) is 0.830. The summed E-state index contributed by atoms with van der Waals surface area (Å²) < 4.78 is 11.9. The summed E-state index contributed by atoms with van der Waals surface area (Å²) in [5, 5.41) is 0. The minimum absolute atomic E-state index is 0.310. The zero-order valence-electron chi connectivity index (χ0n) is 10.0. The van der Waals surface area contributed by atoms with Crippen LogP contribution in [0.25, 0.3) is 0 Å². The molecule has 5 nitrogen and oxygen atoms in total. The van der Waals surface area contributed by atoms with Crippen molar-refractivity contribution in [2.45, 2.75) is 13.0 Å². The average Bonchev–Trinajstić information content (AvgIpc) is 2.91. The highest BCUT2D eigenvalue weighted by Gasteiger charge is 2.11. The van der Waals surface area contributed by atoms with Crippen LogP contribution >= 0.6 is 0 Å². The van der Waals surface area contributed by atoms with E-state index in [1.807, 2.05) is 30.3 Å². The Bertz CT molecular complexity index is 482. The number of aromatic nitrogens is 2. The molecule has 94 valence electrons. The summed E-state index contributed by atoms with van der Waals surface area (Å²) in [5.41, 5.74) is 0. The molecule has 0 radical (unpaired) electrons. The molecule has 2 rings (SSSR count). The Labute approximate surface area is 105 Å². The van der Waals surface area contributed by atoms with Gasteiger partial charge in [0.15, 0.2) is 0 Å². The molecule has 1 unspecified atom stereocenters. The van der Waals surface area contributed by atoms with E-state index in [2.05, 4.69) is 4.98 Å². The number of nitrogens with zero attached hydrogens (tertiary/aromatic N) is 2. The monoisotopic (exact) mass is 246 g/mol. The van der Waals surface area contributed by atoms with Crippen LogP contribution in [-0.2, 0) is 4.74 Å². The van der Waals surface area contributed by atoms with E-state index in [1.165, 1.54) is 23.3 Å². The van der Waals surface area contributed by atoms with E-state index >= 15 is 0 Å². The Hall–Kier alpha value is -2.30. The van der Waals surface area contributed by atoms with Crippen molar-refractivity contribution in [1.29, 1.82) is 0 Å². The van der Waals surface area contributed by atoms with Crippen molar-refractivity contribution < 1.29 is 14.3 Å². The number of imidazole rings is 1. The molecule has 5 heteroatoms. The van der Waals surface area contributed by atoms with Crippen molar-refractivity contribution in [2.24, 2.45) is 0 Å². The molecule has 1 aromatic carbocycles. The second-order valence-electron chi connectivity index (χ2n) is 3.79. The van der Waals surface area contributed by atoms with Gasteiger partial charge in [0, 0.05) is 12.4 Å². The van der Waals surface area contributed by atoms with Crippen molar-refractivity contribution in [2.75, 3.05) is 6.61 Å². The third-order valence-electron chi connectivity index (χ3n) is 2.25. The van der Waals surface area contributed by atoms with E-state index in [4.69, 9.17) is 9.47 Å². The number of benzene rings is 1. The van der Waals surface area contributed by atoms with Gasteiger partial charge >= 0.3 is 6.09 Å². The normalized spacial score (nSPS) is 11.8. The van der Waals surface area contributed by atoms with Crippen molar-refractivity contribution >= 4 is 6.09 Å². The fraction of sp³-hybridized carbons (Fsp3) is 0.231. The SMILES string of the molecule is CC(COc1ccccc1)OC(=O)n1ccnc1. The largest absolute Gasteiger partial charge is 0.490 e. The minimum Gasteiger partial charge on any atom is -0.490 e. The first kappa shape index (κ1) is 12.2. The van der Waals surface area contributed by atoms with Crippen LogP contribution in [0, 0.1) is 0 Å². The second kappa shape index (κ2) is 5.86. The van der Waals surface area contributed by atoms with Crippen LogP contribution in [-0.4, -0.2) is 28.4 Å². The van der Waals surface area contributed by atoms with Crippen LogP contribution in [0.15, 0.2) is 49.1 Å². The minimum atomic E-state index is -0.461. The highest BCUT2D eigenvalue weighted by molar-refractivity contribution is 5.70. The Morgan fingerprint density at radius 3 is 2.83 bits per heavy atom. The standard InChI is InChI=1S/C13H14N2O3/c1-11(9-17-12-5-3-2-4-6-12)18-13(16)15-8-7-14-10-15/h2-8,10-11H,9H2,1H3. The van der Waals surface area contributed by atoms with E-state index < -0.39 is 6.09 Å². The molecule has 0 aliphatic rings. The first-order chi connectivity index (χ1) is 8.75. The highest BCUT2D eigenvalue weighted by atomic mass is 16.6. The van der Waals surface area contributed by atoms with E-state index in [0.29, 0.717) is 6.61 Å². The Morgan fingerprint density at radius 1 is 1.39 bits per heavy atom. The molecule has 0 aliphatic carbocycles. The van der Waals surface area contributed by atoms with Gasteiger partial charge in [-0.2, -0.15) is 0 Å². The molecule has 1 aromatic heterocycles. The van der Waals surface area contributed by atoms with E-state index in [9.17, 15) is 4.79 Å². The first-order valence-corrected chi connectivity index (χ1v) is 5.62. The molecule has 0 amide bonds. The molecule has 18 heavy (non-hydrogen) atoms. The lowest BCUT2D eigenvalue weighted by atomic mass is 10.3. The zero-order chi connectivity index (χ0) is 12.8. The van der Waals surface area contributed by atoms with Crippen LogP contribution in [0.1, 0.15) is 6.92 Å². The number of para-hydroxylation sites is 1. The molecular formula is C13H14N2O3. The molecule has 1 heterocycles. The van der Waals surface area contributed by atoms with Crippen LogP contribution < -0.4 is 4.74 Å². The maximum absolute atomic E-state index is 11.6. The van der Waals surface area contributed by atoms with Gasteiger partial charge < -0.3 is 9.47 Å². The van der Waals surface area contributed by atoms with Gasteiger partial charge in [-0.05, 0) is 19.1 Å². The van der Waals surface area contributed by atoms with E-state index in [-0.39, 0.29) is 6.10 Å². The van der Waals surface area contributed by atoms with Gasteiger partial charge in [-0.1, -0.05) is 18.2 Å². The molecule has 0 aliphatic heterocycles. The fourth-order valence-electron chi connectivity index (χ4n) is 1.36. The smallest absolute Gasteiger partial charge is 0.419 e. The predicted molar refractivity (Wildman–Crippen MR) is 65.5 cm³/mol. The van der Waals surface area contributed by atoms with Gasteiger partial charge in [0.1, 0.15) is 24.8 Å². The maximum Gasteiger partial charge on any atom is 0.419 e. The molecular weight excluding hydrogens is 232 g/mol. The topological polar surface area (TPSA) is 53.4 Å². The number of hydrogen-bond acceptors (Lipinski definition) is 4. The molecule has 0 saturated carbocycles. The van der Waals surface area contributed by atoms with Gasteiger partial charge in [-0.25, -0.2) is 14.3 Å². The maximum atomic E-state index is 11.6. The summed E-state index contributed by atoms with van der Waals surface area (Å²) in [6.07, 6.45) is 3.66. The summed E-state index contributed by atoms with van der Waals surface area (Å²) in [6.45, 7) is 2.09. The number of rotatable bonds is 4. The fourth-order valence-corrected chi connectivity index (χ4v) is 1.36. The molecule has 0 fully saturated rings. The van der Waals surface area contributed by atoms with Crippen LogP contribution in [0.5, 0.6) is 5.75 Å². The third kappa shape index (κ3) is 3.35. The zero-order valence-corrected chi connectivity index (χ0v) is 10.0. The molecule has 0 saturated heterocycles. The van der Waals surface area contributed by atoms with Crippen LogP contribution in [0.4, 0.5) is 4.79 Å². The second-order valence-corrected chi connectivity index (χ2v) is 3.79. The van der Waals surface area contributed by atoms with Crippen molar-refractivity contribution in [3.8, 4) is 5.75 Å². The summed E-state index contributed by atoms with van der Waals surface area (Å²) >= 11 is 0. The van der Waals surface area contributed by atoms with Crippen molar-refractivity contribution in [3.05, 3.63) is 49.1 Å². The molecule has 0 bridgehead atoms. The molecule has 0 N–H and O–H groups in total. The van der Waals surface area contributed by atoms with Crippen LogP contribution in [0.2, 0.25) is 0 Å². The number of hydrogen-bond donors (Lipinski definition) is 0. The molecule has 2 aromatic rings. The number of carbonyl (C=O) groups is 1. The number of carbonyl (C=O) groups excluding carboxylic acids is 1. The lowest BCUT2D eigenvalue weighted by Crippen LogP contribution is -2.24. The Balaban J connectivity index is 1.79. The van der Waals surface area contributed by atoms with Gasteiger partial charge in [0.05, 0.1) is 0 Å². The van der Waals surface area contributed by atoms with Gasteiger partial charge in [-0.15, -0.1) is 0 Å². The van der Waals surface area contributed by atoms with Crippen LogP contribution in [0.3, 0.4) is 0 Å². The van der Waals surface area contributed by atoms with Crippen molar-refractivity contribution in [1.82, 2.24) is 9.55 Å². The Morgan fingerprint density at radius 2 is 2.17 bits per heavy atom. The summed E-state index contributed by atoms with van der Waals surface area (Å²) in [4.78, 5) is 15.3. The summed E-state index contributed by atoms with van der Waals surface area (Å²) in [5.74, 6) is 0.753. The molecule has 0 spiro atoms. The van der Waals surface area contributed by atoms with E-state index in [1.54, 1.807) is 6.92 Å². The lowest BCUT2D eigenvalue weighted by Gasteiger charge is -2.14. The summed E-state index contributed by atoms with van der Waals surface area (Å²) in [7, 11) is 0. The predicted octanol–water partition coefficient (Wildman–Crippen LogP) is 2.34. The van der Waals surface area contributed by atoms with Crippen molar-refractivity contribution in [3.63, 3.8) is 0 Å². The average molecular weight is 246 g/mol. The van der Waals surface area contributed by atoms with E-state index in [0.717, 1.165) is 5.75 Å². The summed E-state index contributed by atoms with van der Waals surface area (Å²) in [6, 6.07) is 9.39. The van der Waals surface area contributed by atoms with Gasteiger partial charge in [-0.3, -0.25) is 0 Å². The molecule has 1 atom stereocenters. The van der Waals surface area contributed by atoms with Gasteiger partial charge in [0.2, 0.25) is 0 Å². The highest BCUT2D eigenvalue weighted by Crippen LogP contribution is 2.09.